The molecule has 0 saturated heterocycles. The van der Waals surface area contributed by atoms with Gasteiger partial charge in [0.1, 0.15) is 0 Å². The van der Waals surface area contributed by atoms with Crippen LogP contribution in [-0.4, -0.2) is 17.2 Å². The molecule has 0 heterocycles. The molecular weight excluding hydrogens is 226 g/mol. The lowest BCUT2D eigenvalue weighted by Gasteiger charge is -2.02. The zero-order chi connectivity index (χ0) is 9.56. The van der Waals surface area contributed by atoms with Gasteiger partial charge in [0, 0.05) is 5.57 Å². The van der Waals surface area contributed by atoms with Crippen molar-refractivity contribution in [3.63, 3.8) is 0 Å². The highest BCUT2D eigenvalue weighted by Gasteiger charge is 2.06. The standard InChI is InChI=1S/C7H10BrNO3/c1-3-5(2)7(11)12-9-6(10)4-8/h3H,4H2,1-2H3,(H,9,10)/b5-3+. The lowest BCUT2D eigenvalue weighted by atomic mass is 10.3. The van der Waals surface area contributed by atoms with Gasteiger partial charge in [0.2, 0.25) is 0 Å². The fourth-order valence-electron chi connectivity index (χ4n) is 0.329. The summed E-state index contributed by atoms with van der Waals surface area (Å²) in [6, 6.07) is 0. The first-order valence-electron chi connectivity index (χ1n) is 3.30. The van der Waals surface area contributed by atoms with Crippen LogP contribution in [0.2, 0.25) is 0 Å². The molecule has 0 radical (unpaired) electrons. The Labute approximate surface area is 79.0 Å². The minimum absolute atomic E-state index is 0.106. The molecule has 0 rings (SSSR count). The topological polar surface area (TPSA) is 55.4 Å². The van der Waals surface area contributed by atoms with E-state index >= 15 is 0 Å². The first-order valence-corrected chi connectivity index (χ1v) is 4.42. The van der Waals surface area contributed by atoms with Gasteiger partial charge in [-0.3, -0.25) is 4.79 Å². The number of halogens is 1. The Kier molecular flexibility index (Phi) is 5.36. The number of hydroxylamine groups is 1. The third-order valence-corrected chi connectivity index (χ3v) is 1.64. The number of hydrogen-bond donors (Lipinski definition) is 1. The van der Waals surface area contributed by atoms with E-state index in [9.17, 15) is 9.59 Å². The first-order chi connectivity index (χ1) is 5.61. The summed E-state index contributed by atoms with van der Waals surface area (Å²) in [5, 5.41) is 0.106. The van der Waals surface area contributed by atoms with Crippen molar-refractivity contribution in [2.24, 2.45) is 0 Å². The molecule has 0 aromatic heterocycles. The van der Waals surface area contributed by atoms with Gasteiger partial charge in [-0.1, -0.05) is 22.0 Å². The van der Waals surface area contributed by atoms with E-state index in [1.165, 1.54) is 0 Å². The number of rotatable bonds is 2. The van der Waals surface area contributed by atoms with Crippen molar-refractivity contribution in [2.45, 2.75) is 13.8 Å². The Hall–Kier alpha value is -0.840. The molecule has 0 aliphatic rings. The molecule has 1 N–H and O–H groups in total. The number of nitrogens with one attached hydrogen (secondary N) is 1. The Morgan fingerprint density at radius 3 is 2.58 bits per heavy atom. The van der Waals surface area contributed by atoms with Crippen LogP contribution in [-0.2, 0) is 14.4 Å². The second-order valence-corrected chi connectivity index (χ2v) is 2.58. The smallest absolute Gasteiger partial charge is 0.336 e. The minimum atomic E-state index is -0.549. The molecule has 68 valence electrons. The molecule has 0 aliphatic heterocycles. The van der Waals surface area contributed by atoms with Crippen molar-refractivity contribution in [1.29, 1.82) is 0 Å². The van der Waals surface area contributed by atoms with Crippen LogP contribution in [0.3, 0.4) is 0 Å². The zero-order valence-electron chi connectivity index (χ0n) is 6.89. The highest BCUT2D eigenvalue weighted by Crippen LogP contribution is 1.93. The number of allylic oxidation sites excluding steroid dienone is 1. The quantitative estimate of drug-likeness (QED) is 0.440. The predicted octanol–water partition coefficient (Wildman–Crippen LogP) is 0.922. The van der Waals surface area contributed by atoms with Gasteiger partial charge in [0.05, 0.1) is 5.33 Å². The van der Waals surface area contributed by atoms with Crippen molar-refractivity contribution < 1.29 is 14.4 Å². The molecule has 0 unspecified atom stereocenters. The van der Waals surface area contributed by atoms with E-state index in [0.717, 1.165) is 0 Å². The van der Waals surface area contributed by atoms with Gasteiger partial charge in [0.15, 0.2) is 0 Å². The molecule has 1 amide bonds. The fourth-order valence-corrected chi connectivity index (χ4v) is 0.443. The summed E-state index contributed by atoms with van der Waals surface area (Å²) < 4.78 is 0. The van der Waals surface area contributed by atoms with Gasteiger partial charge in [-0.15, -0.1) is 0 Å². The van der Waals surface area contributed by atoms with Crippen LogP contribution in [0.5, 0.6) is 0 Å². The third-order valence-electron chi connectivity index (χ3n) is 1.13. The number of hydrogen-bond acceptors (Lipinski definition) is 3. The maximum Gasteiger partial charge on any atom is 0.358 e. The van der Waals surface area contributed by atoms with Gasteiger partial charge in [-0.2, -0.15) is 5.48 Å². The molecule has 0 aliphatic carbocycles. The van der Waals surface area contributed by atoms with Crippen LogP contribution < -0.4 is 5.48 Å². The molecule has 0 atom stereocenters. The van der Waals surface area contributed by atoms with E-state index in [1.54, 1.807) is 19.9 Å². The van der Waals surface area contributed by atoms with Crippen molar-refractivity contribution in [2.75, 3.05) is 5.33 Å². The molecule has 0 saturated carbocycles. The van der Waals surface area contributed by atoms with E-state index in [4.69, 9.17) is 0 Å². The number of alkyl halides is 1. The van der Waals surface area contributed by atoms with Gasteiger partial charge >= 0.3 is 5.97 Å². The SMILES string of the molecule is C/C=C(\C)C(=O)ONC(=O)CBr. The molecule has 5 heteroatoms. The number of carbonyl (C=O) groups is 2. The van der Waals surface area contributed by atoms with Crippen molar-refractivity contribution in [3.8, 4) is 0 Å². The highest BCUT2D eigenvalue weighted by atomic mass is 79.9. The van der Waals surface area contributed by atoms with Crippen LogP contribution >= 0.6 is 15.9 Å². The monoisotopic (exact) mass is 235 g/mol. The van der Waals surface area contributed by atoms with E-state index in [-0.39, 0.29) is 5.33 Å². The van der Waals surface area contributed by atoms with E-state index in [1.807, 2.05) is 5.48 Å². The maximum absolute atomic E-state index is 10.9. The van der Waals surface area contributed by atoms with Gasteiger partial charge < -0.3 is 4.84 Å². The highest BCUT2D eigenvalue weighted by molar-refractivity contribution is 9.09. The summed E-state index contributed by atoms with van der Waals surface area (Å²) >= 11 is 2.90. The van der Waals surface area contributed by atoms with E-state index in [2.05, 4.69) is 20.8 Å². The van der Waals surface area contributed by atoms with Crippen LogP contribution in [0.4, 0.5) is 0 Å². The Morgan fingerprint density at radius 2 is 2.17 bits per heavy atom. The fraction of sp³-hybridized carbons (Fsp3) is 0.429. The largest absolute Gasteiger partial charge is 0.358 e. The maximum atomic E-state index is 10.9. The number of carbonyl (C=O) groups excluding carboxylic acids is 2. The molecule has 0 aromatic rings. The summed E-state index contributed by atoms with van der Waals surface area (Å²) in [5.74, 6) is -0.945. The third kappa shape index (κ3) is 4.12. The van der Waals surface area contributed by atoms with Gasteiger partial charge in [0.25, 0.3) is 5.91 Å². The van der Waals surface area contributed by atoms with Gasteiger partial charge in [-0.25, -0.2) is 4.79 Å². The molecular formula is C7H10BrNO3. The second kappa shape index (κ2) is 5.77. The summed E-state index contributed by atoms with van der Waals surface area (Å²) in [6.45, 7) is 3.31. The molecule has 0 spiro atoms. The Balaban J connectivity index is 3.80. The first kappa shape index (κ1) is 11.2. The number of amides is 1. The average Bonchev–Trinajstić information content (AvgIpc) is 2.11. The zero-order valence-corrected chi connectivity index (χ0v) is 8.47. The lowest BCUT2D eigenvalue weighted by Crippen LogP contribution is -2.28. The van der Waals surface area contributed by atoms with Gasteiger partial charge in [-0.05, 0) is 13.8 Å². The van der Waals surface area contributed by atoms with Crippen LogP contribution in [0, 0.1) is 0 Å². The minimum Gasteiger partial charge on any atom is -0.336 e. The second-order valence-electron chi connectivity index (χ2n) is 2.02. The molecule has 0 aromatic carbocycles. The van der Waals surface area contributed by atoms with Crippen molar-refractivity contribution in [1.82, 2.24) is 5.48 Å². The summed E-state index contributed by atoms with van der Waals surface area (Å²) in [5.41, 5.74) is 2.42. The Morgan fingerprint density at radius 1 is 1.58 bits per heavy atom. The lowest BCUT2D eigenvalue weighted by molar-refractivity contribution is -0.153. The van der Waals surface area contributed by atoms with Crippen LogP contribution in [0.25, 0.3) is 0 Å². The van der Waals surface area contributed by atoms with Crippen molar-refractivity contribution >= 4 is 27.8 Å². The molecule has 4 nitrogen and oxygen atoms in total. The van der Waals surface area contributed by atoms with E-state index in [0.29, 0.717) is 5.57 Å². The summed E-state index contributed by atoms with van der Waals surface area (Å²) in [7, 11) is 0. The molecule has 0 bridgehead atoms. The average molecular weight is 236 g/mol. The van der Waals surface area contributed by atoms with E-state index < -0.39 is 11.9 Å². The van der Waals surface area contributed by atoms with Crippen LogP contribution in [0.1, 0.15) is 13.8 Å². The summed E-state index contributed by atoms with van der Waals surface area (Å²) in [4.78, 5) is 25.9. The Bertz CT molecular complexity index is 213. The van der Waals surface area contributed by atoms with Crippen molar-refractivity contribution in [3.05, 3.63) is 11.6 Å². The normalized spacial score (nSPS) is 10.8. The predicted molar refractivity (Wildman–Crippen MR) is 47.5 cm³/mol. The summed E-state index contributed by atoms with van der Waals surface area (Å²) in [6.07, 6.45) is 1.60. The van der Waals surface area contributed by atoms with Crippen LogP contribution in [0.15, 0.2) is 11.6 Å². The molecule has 12 heavy (non-hydrogen) atoms. The molecule has 0 fully saturated rings.